The van der Waals surface area contributed by atoms with Crippen molar-refractivity contribution in [1.82, 2.24) is 15.3 Å². The summed E-state index contributed by atoms with van der Waals surface area (Å²) in [7, 11) is 0. The minimum Gasteiger partial charge on any atom is -1.00 e. The molecule has 0 spiro atoms. The van der Waals surface area contributed by atoms with Gasteiger partial charge in [0.2, 0.25) is 0 Å². The maximum Gasteiger partial charge on any atom is 0.326 e. The second kappa shape index (κ2) is 14.7. The predicted octanol–water partition coefficient (Wildman–Crippen LogP) is 0.953. The molecule has 0 saturated carbocycles. The van der Waals surface area contributed by atoms with Gasteiger partial charge in [0.15, 0.2) is 6.04 Å². The third-order valence-electron chi connectivity index (χ3n) is 4.69. The summed E-state index contributed by atoms with van der Waals surface area (Å²) in [4.78, 5) is 45.6. The summed E-state index contributed by atoms with van der Waals surface area (Å²) in [6.45, 7) is 0. The molecule has 0 unspecified atom stereocenters. The number of carbonyl (C=O) groups excluding carboxylic acids is 3. The molecule has 1 atom stereocenters. The van der Waals surface area contributed by atoms with E-state index in [2.05, 4.69) is 47.6 Å². The molecule has 2 aromatic carbocycles. The number of rotatable bonds is 9. The molecule has 14 heteroatoms. The number of carbonyl (C=O) groups is 3. The number of halogens is 3. The van der Waals surface area contributed by atoms with Crippen LogP contribution in [-0.2, 0) is 4.79 Å². The first-order valence-corrected chi connectivity index (χ1v) is 13.1. The van der Waals surface area contributed by atoms with Crippen LogP contribution in [0.5, 0.6) is 11.8 Å². The standard InChI is InChI=1S/C23H22BrClN6O4S.ClH/c1-36-9-8-17(26)21(33)30-18-5-3-2-4-15(18)20(32)31-22(34)29-14-6-7-19(16(25)10-14)35-23-27-11-13(24)12-28-23;/h2-7,10-12,17H,8-9,26H2,1H3,(H,30,33)(H2,29,31,32,34);1H/t17-;/m0./s1. The van der Waals surface area contributed by atoms with Crippen LogP contribution >= 0.6 is 39.3 Å². The van der Waals surface area contributed by atoms with E-state index in [1.807, 2.05) is 6.26 Å². The Labute approximate surface area is 237 Å². The van der Waals surface area contributed by atoms with Crippen LogP contribution in [0.25, 0.3) is 0 Å². The highest BCUT2D eigenvalue weighted by atomic mass is 79.9. The van der Waals surface area contributed by atoms with Crippen LogP contribution in [0.2, 0.25) is 5.02 Å². The number of quaternary nitrogens is 1. The van der Waals surface area contributed by atoms with Crippen molar-refractivity contribution < 1.29 is 37.3 Å². The van der Waals surface area contributed by atoms with Gasteiger partial charge in [0.05, 0.1) is 20.7 Å². The highest BCUT2D eigenvalue weighted by molar-refractivity contribution is 9.10. The van der Waals surface area contributed by atoms with Crippen LogP contribution in [0.15, 0.2) is 59.3 Å². The van der Waals surface area contributed by atoms with Crippen LogP contribution in [0.1, 0.15) is 16.8 Å². The molecule has 0 saturated heterocycles. The predicted molar refractivity (Wildman–Crippen MR) is 142 cm³/mol. The lowest BCUT2D eigenvalue weighted by Gasteiger charge is -2.13. The number of anilines is 2. The van der Waals surface area contributed by atoms with E-state index in [0.717, 1.165) is 5.75 Å². The van der Waals surface area contributed by atoms with E-state index in [1.165, 1.54) is 30.6 Å². The van der Waals surface area contributed by atoms with Gasteiger partial charge in [-0.05, 0) is 58.3 Å². The molecule has 10 nitrogen and oxygen atoms in total. The van der Waals surface area contributed by atoms with Crippen LogP contribution < -0.4 is 38.8 Å². The summed E-state index contributed by atoms with van der Waals surface area (Å²) in [6.07, 6.45) is 5.61. The Kier molecular flexibility index (Phi) is 12.1. The van der Waals surface area contributed by atoms with Crippen molar-refractivity contribution in [2.24, 2.45) is 0 Å². The highest BCUT2D eigenvalue weighted by Gasteiger charge is 2.20. The Morgan fingerprint density at radius 2 is 1.84 bits per heavy atom. The molecule has 0 fully saturated rings. The highest BCUT2D eigenvalue weighted by Crippen LogP contribution is 2.30. The van der Waals surface area contributed by atoms with Crippen molar-refractivity contribution in [2.75, 3.05) is 22.6 Å². The first-order valence-electron chi connectivity index (χ1n) is 10.6. The Bertz CT molecular complexity index is 1250. The number of benzene rings is 2. The average molecular weight is 630 g/mol. The molecule has 1 heterocycles. The third-order valence-corrected chi connectivity index (χ3v) is 6.03. The number of hydrogen-bond acceptors (Lipinski definition) is 7. The number of nitrogens with one attached hydrogen (secondary N) is 3. The normalized spacial score (nSPS) is 11.0. The van der Waals surface area contributed by atoms with Gasteiger partial charge in [-0.25, -0.2) is 14.8 Å². The molecule has 0 aliphatic rings. The molecule has 196 valence electrons. The molecule has 3 rings (SSSR count). The maximum absolute atomic E-state index is 12.7. The SMILES string of the molecule is CSCC[C@H]([NH3+])C(=O)Nc1ccccc1C(=O)NC(=O)Nc1ccc(Oc2ncc(Br)cn2)c(Cl)c1.[Cl-]. The smallest absolute Gasteiger partial charge is 0.326 e. The average Bonchev–Trinajstić information content (AvgIpc) is 2.85. The van der Waals surface area contributed by atoms with Gasteiger partial charge >= 0.3 is 12.0 Å². The van der Waals surface area contributed by atoms with Gasteiger partial charge in [0.1, 0.15) is 5.75 Å². The Morgan fingerprint density at radius 1 is 1.14 bits per heavy atom. The van der Waals surface area contributed by atoms with Crippen molar-refractivity contribution >= 4 is 68.5 Å². The van der Waals surface area contributed by atoms with Gasteiger partial charge in [-0.1, -0.05) is 23.7 Å². The molecule has 3 aromatic rings. The summed E-state index contributed by atoms with van der Waals surface area (Å²) in [5.41, 5.74) is 4.60. The Balaban J connectivity index is 0.00000481. The molecular formula is C23H23BrCl2N6O4S. The number of imide groups is 1. The van der Waals surface area contributed by atoms with Crippen molar-refractivity contribution in [3.63, 3.8) is 0 Å². The number of amides is 4. The minimum atomic E-state index is -0.780. The number of para-hydroxylation sites is 1. The zero-order valence-electron chi connectivity index (χ0n) is 19.5. The third kappa shape index (κ3) is 9.17. The Hall–Kier alpha value is -2.90. The van der Waals surface area contributed by atoms with Crippen molar-refractivity contribution in [2.45, 2.75) is 12.5 Å². The van der Waals surface area contributed by atoms with Gasteiger partial charge in [-0.15, -0.1) is 0 Å². The lowest BCUT2D eigenvalue weighted by atomic mass is 10.1. The zero-order valence-corrected chi connectivity index (χ0v) is 23.4. The molecule has 0 aliphatic heterocycles. The van der Waals surface area contributed by atoms with E-state index in [4.69, 9.17) is 16.3 Å². The fraction of sp³-hybridized carbons (Fsp3) is 0.174. The molecule has 0 aliphatic carbocycles. The van der Waals surface area contributed by atoms with E-state index in [0.29, 0.717) is 16.6 Å². The van der Waals surface area contributed by atoms with Crippen LogP contribution in [-0.4, -0.2) is 45.9 Å². The quantitative estimate of drug-likeness (QED) is 0.275. The summed E-state index contributed by atoms with van der Waals surface area (Å²) in [6, 6.07) is 9.78. The lowest BCUT2D eigenvalue weighted by Crippen LogP contribution is -3.00. The number of thioether (sulfide) groups is 1. The van der Waals surface area contributed by atoms with Gasteiger partial charge in [-0.2, -0.15) is 11.8 Å². The number of urea groups is 1. The van der Waals surface area contributed by atoms with Crippen molar-refractivity contribution in [3.05, 3.63) is 69.9 Å². The van der Waals surface area contributed by atoms with E-state index in [-0.39, 0.29) is 46.3 Å². The van der Waals surface area contributed by atoms with Gasteiger partial charge in [0.25, 0.3) is 11.8 Å². The fourth-order valence-electron chi connectivity index (χ4n) is 2.86. The second-order valence-electron chi connectivity index (χ2n) is 7.35. The fourth-order valence-corrected chi connectivity index (χ4v) is 3.81. The first-order chi connectivity index (χ1) is 17.3. The van der Waals surface area contributed by atoms with E-state index < -0.39 is 18.0 Å². The van der Waals surface area contributed by atoms with Gasteiger partial charge in [0, 0.05) is 24.5 Å². The number of nitrogens with zero attached hydrogens (tertiary/aromatic N) is 2. The number of aromatic nitrogens is 2. The molecular weight excluding hydrogens is 607 g/mol. The summed E-state index contributed by atoms with van der Waals surface area (Å²) >= 11 is 11.1. The van der Waals surface area contributed by atoms with Crippen LogP contribution in [0, 0.1) is 0 Å². The van der Waals surface area contributed by atoms with Gasteiger partial charge in [-0.3, -0.25) is 14.9 Å². The molecule has 1 aromatic heterocycles. The number of ether oxygens (including phenoxy) is 1. The van der Waals surface area contributed by atoms with Crippen molar-refractivity contribution in [1.29, 1.82) is 0 Å². The molecule has 0 radical (unpaired) electrons. The maximum atomic E-state index is 12.7. The Morgan fingerprint density at radius 3 is 2.51 bits per heavy atom. The first kappa shape index (κ1) is 30.3. The summed E-state index contributed by atoms with van der Waals surface area (Å²) in [5, 5.41) is 7.69. The monoisotopic (exact) mass is 628 g/mol. The second-order valence-corrected chi connectivity index (χ2v) is 9.66. The summed E-state index contributed by atoms with van der Waals surface area (Å²) in [5.74, 6) is 0.0803. The van der Waals surface area contributed by atoms with E-state index in [9.17, 15) is 14.4 Å². The zero-order chi connectivity index (χ0) is 26.1. The van der Waals surface area contributed by atoms with Crippen LogP contribution in [0.3, 0.4) is 0 Å². The lowest BCUT2D eigenvalue weighted by molar-refractivity contribution is -0.402. The molecule has 0 bridgehead atoms. The van der Waals surface area contributed by atoms with Gasteiger partial charge < -0.3 is 33.5 Å². The topological polar surface area (TPSA) is 150 Å². The molecule has 6 N–H and O–H groups in total. The number of hydrogen-bond donors (Lipinski definition) is 4. The largest absolute Gasteiger partial charge is 1.00 e. The van der Waals surface area contributed by atoms with E-state index in [1.54, 1.807) is 36.0 Å². The minimum absolute atomic E-state index is 0. The van der Waals surface area contributed by atoms with Crippen LogP contribution in [0.4, 0.5) is 16.2 Å². The summed E-state index contributed by atoms with van der Waals surface area (Å²) < 4.78 is 6.23. The van der Waals surface area contributed by atoms with E-state index >= 15 is 0 Å². The molecule has 4 amide bonds. The molecule has 37 heavy (non-hydrogen) atoms. The van der Waals surface area contributed by atoms with Crippen molar-refractivity contribution in [3.8, 4) is 11.8 Å².